The molecule has 0 radical (unpaired) electrons. The molecule has 0 aromatic heterocycles. The summed E-state index contributed by atoms with van der Waals surface area (Å²) >= 11 is 0. The van der Waals surface area contributed by atoms with E-state index in [1.807, 2.05) is 30.3 Å². The van der Waals surface area contributed by atoms with Gasteiger partial charge in [-0.05, 0) is 92.2 Å². The van der Waals surface area contributed by atoms with E-state index in [1.54, 1.807) is 0 Å². The Balaban J connectivity index is 1.69. The molecule has 29 heavy (non-hydrogen) atoms. The number of allylic oxidation sites excluding steroid dienone is 1. The Morgan fingerprint density at radius 3 is 2.24 bits per heavy atom. The molecule has 0 N–H and O–H groups in total. The number of benzene rings is 2. The van der Waals surface area contributed by atoms with Crippen LogP contribution in [-0.4, -0.2) is 0 Å². The van der Waals surface area contributed by atoms with E-state index in [4.69, 9.17) is 0 Å². The molecule has 3 rings (SSSR count). The van der Waals surface area contributed by atoms with Crippen molar-refractivity contribution in [2.24, 2.45) is 5.92 Å². The maximum Gasteiger partial charge on any atom is 0.142 e. The second-order valence-corrected chi connectivity index (χ2v) is 8.14. The third kappa shape index (κ3) is 5.80. The molecule has 1 fully saturated rings. The predicted molar refractivity (Wildman–Crippen MR) is 117 cm³/mol. The van der Waals surface area contributed by atoms with Gasteiger partial charge in [-0.25, -0.2) is 8.78 Å². The van der Waals surface area contributed by atoms with Gasteiger partial charge >= 0.3 is 0 Å². The lowest BCUT2D eigenvalue weighted by molar-refractivity contribution is 0.311. The van der Waals surface area contributed by atoms with Crippen molar-refractivity contribution < 1.29 is 8.78 Å². The van der Waals surface area contributed by atoms with Gasteiger partial charge in [0.2, 0.25) is 0 Å². The highest BCUT2D eigenvalue weighted by Gasteiger charge is 2.23. The van der Waals surface area contributed by atoms with Crippen molar-refractivity contribution in [3.63, 3.8) is 0 Å². The summed E-state index contributed by atoms with van der Waals surface area (Å²) in [4.78, 5) is 0. The molecule has 152 valence electrons. The van der Waals surface area contributed by atoms with Crippen molar-refractivity contribution in [3.8, 4) is 11.8 Å². The second-order valence-electron chi connectivity index (χ2n) is 8.14. The van der Waals surface area contributed by atoms with Crippen LogP contribution in [0.4, 0.5) is 8.78 Å². The standard InChI is InChI=1S/C27H30F2/c1-3-5-7-21-12-15-23(16-13-21)24-18-26(28)25(27(29)19-24)17-14-22-10-8-20(6-4-2)9-11-22/h3,8-11,18-19,21,23H,1,4-7,12-13,15-16H2,2H3/t21-,23-. The number of hydrogen-bond acceptors (Lipinski definition) is 0. The zero-order chi connectivity index (χ0) is 20.6. The van der Waals surface area contributed by atoms with Gasteiger partial charge in [-0.2, -0.15) is 0 Å². The van der Waals surface area contributed by atoms with Crippen LogP contribution in [-0.2, 0) is 6.42 Å². The minimum absolute atomic E-state index is 0.133. The van der Waals surface area contributed by atoms with Crippen LogP contribution in [0, 0.1) is 29.4 Å². The summed E-state index contributed by atoms with van der Waals surface area (Å²) in [7, 11) is 0. The van der Waals surface area contributed by atoms with Crippen molar-refractivity contribution in [3.05, 3.63) is 82.9 Å². The fraction of sp³-hybridized carbons (Fsp3) is 0.407. The molecule has 2 aromatic rings. The van der Waals surface area contributed by atoms with Crippen molar-refractivity contribution in [2.75, 3.05) is 0 Å². The molecule has 1 saturated carbocycles. The van der Waals surface area contributed by atoms with Crippen LogP contribution in [0.5, 0.6) is 0 Å². The van der Waals surface area contributed by atoms with E-state index < -0.39 is 11.6 Å². The highest BCUT2D eigenvalue weighted by atomic mass is 19.1. The van der Waals surface area contributed by atoms with Crippen molar-refractivity contribution in [1.29, 1.82) is 0 Å². The van der Waals surface area contributed by atoms with Crippen LogP contribution >= 0.6 is 0 Å². The van der Waals surface area contributed by atoms with Gasteiger partial charge in [-0.3, -0.25) is 0 Å². The SMILES string of the molecule is C=CCC[C@H]1CC[C@H](c2cc(F)c(C#Cc3ccc(CCC)cc3)c(F)c2)CC1. The lowest BCUT2D eigenvalue weighted by Crippen LogP contribution is -2.14. The molecule has 0 bridgehead atoms. The molecule has 0 saturated heterocycles. The Labute approximate surface area is 174 Å². The van der Waals surface area contributed by atoms with E-state index in [1.165, 1.54) is 24.1 Å². The minimum Gasteiger partial charge on any atom is -0.206 e. The molecule has 0 spiro atoms. The first-order chi connectivity index (χ1) is 14.1. The Kier molecular flexibility index (Phi) is 7.64. The van der Waals surface area contributed by atoms with Gasteiger partial charge < -0.3 is 0 Å². The minimum atomic E-state index is -0.552. The Bertz CT molecular complexity index is 852. The van der Waals surface area contributed by atoms with E-state index in [-0.39, 0.29) is 11.5 Å². The fourth-order valence-corrected chi connectivity index (χ4v) is 4.26. The average Bonchev–Trinajstić information content (AvgIpc) is 2.73. The van der Waals surface area contributed by atoms with Gasteiger partial charge in [-0.15, -0.1) is 6.58 Å². The van der Waals surface area contributed by atoms with Gasteiger partial charge in [0.1, 0.15) is 11.6 Å². The highest BCUT2D eigenvalue weighted by Crippen LogP contribution is 2.38. The zero-order valence-corrected chi connectivity index (χ0v) is 17.3. The van der Waals surface area contributed by atoms with Crippen LogP contribution in [0.3, 0.4) is 0 Å². The molecule has 0 amide bonds. The summed E-state index contributed by atoms with van der Waals surface area (Å²) in [6.07, 6.45) is 10.5. The summed E-state index contributed by atoms with van der Waals surface area (Å²) in [5.41, 5.74) is 2.66. The van der Waals surface area contributed by atoms with Crippen LogP contribution in [0.2, 0.25) is 0 Å². The number of hydrogen-bond donors (Lipinski definition) is 0. The second kappa shape index (κ2) is 10.4. The van der Waals surface area contributed by atoms with Crippen LogP contribution in [0.15, 0.2) is 49.1 Å². The lowest BCUT2D eigenvalue weighted by Gasteiger charge is -2.28. The normalized spacial score (nSPS) is 18.7. The van der Waals surface area contributed by atoms with Crippen molar-refractivity contribution in [2.45, 2.75) is 64.2 Å². The third-order valence-electron chi connectivity index (χ3n) is 5.99. The molecule has 0 heterocycles. The number of aryl methyl sites for hydroxylation is 1. The maximum absolute atomic E-state index is 14.6. The molecule has 0 atom stereocenters. The van der Waals surface area contributed by atoms with Crippen molar-refractivity contribution >= 4 is 0 Å². The highest BCUT2D eigenvalue weighted by molar-refractivity contribution is 5.46. The predicted octanol–water partition coefficient (Wildman–Crippen LogP) is 7.56. The van der Waals surface area contributed by atoms with E-state index in [9.17, 15) is 8.78 Å². The summed E-state index contributed by atoms with van der Waals surface area (Å²) in [5.74, 6) is 5.45. The lowest BCUT2D eigenvalue weighted by atomic mass is 9.77. The monoisotopic (exact) mass is 392 g/mol. The zero-order valence-electron chi connectivity index (χ0n) is 17.3. The summed E-state index contributed by atoms with van der Waals surface area (Å²) in [6, 6.07) is 10.8. The van der Waals surface area contributed by atoms with Crippen LogP contribution in [0.1, 0.15) is 80.0 Å². The van der Waals surface area contributed by atoms with E-state index in [2.05, 4.69) is 25.3 Å². The molecule has 0 unspecified atom stereocenters. The smallest absolute Gasteiger partial charge is 0.142 e. The number of halogens is 2. The van der Waals surface area contributed by atoms with Crippen LogP contribution < -0.4 is 0 Å². The first kappa shape index (κ1) is 21.3. The quantitative estimate of drug-likeness (QED) is 0.351. The molecule has 1 aliphatic carbocycles. The largest absolute Gasteiger partial charge is 0.206 e. The summed E-state index contributed by atoms with van der Waals surface area (Å²) in [5, 5.41) is 0. The molecule has 0 aliphatic heterocycles. The molecule has 2 heteroatoms. The first-order valence-corrected chi connectivity index (χ1v) is 10.8. The Morgan fingerprint density at radius 2 is 1.66 bits per heavy atom. The molecular formula is C27H30F2. The fourth-order valence-electron chi connectivity index (χ4n) is 4.26. The Morgan fingerprint density at radius 1 is 1.00 bits per heavy atom. The van der Waals surface area contributed by atoms with Gasteiger partial charge in [0.05, 0.1) is 5.56 Å². The van der Waals surface area contributed by atoms with Gasteiger partial charge in [-0.1, -0.05) is 43.4 Å². The topological polar surface area (TPSA) is 0 Å². The van der Waals surface area contributed by atoms with Gasteiger partial charge in [0, 0.05) is 5.56 Å². The van der Waals surface area contributed by atoms with Gasteiger partial charge in [0.25, 0.3) is 0 Å². The molecule has 2 aromatic carbocycles. The Hall–Kier alpha value is -2.40. The number of rotatable bonds is 6. The summed E-state index contributed by atoms with van der Waals surface area (Å²) in [6.45, 7) is 5.92. The summed E-state index contributed by atoms with van der Waals surface area (Å²) < 4.78 is 29.2. The molecule has 1 aliphatic rings. The molecular weight excluding hydrogens is 362 g/mol. The maximum atomic E-state index is 14.6. The van der Waals surface area contributed by atoms with Crippen LogP contribution in [0.25, 0.3) is 0 Å². The van der Waals surface area contributed by atoms with E-state index >= 15 is 0 Å². The third-order valence-corrected chi connectivity index (χ3v) is 5.99. The van der Waals surface area contributed by atoms with E-state index in [0.29, 0.717) is 5.92 Å². The average molecular weight is 393 g/mol. The van der Waals surface area contributed by atoms with Crippen molar-refractivity contribution in [1.82, 2.24) is 0 Å². The first-order valence-electron chi connectivity index (χ1n) is 10.8. The van der Waals surface area contributed by atoms with Gasteiger partial charge in [0.15, 0.2) is 0 Å². The van der Waals surface area contributed by atoms with E-state index in [0.717, 1.165) is 56.1 Å². The molecule has 0 nitrogen and oxygen atoms in total.